The molecule has 0 saturated heterocycles. The first-order chi connectivity index (χ1) is 10.4. The number of hydrogen-bond donors (Lipinski definition) is 1. The van der Waals surface area contributed by atoms with Gasteiger partial charge in [-0.1, -0.05) is 22.8 Å². The molecule has 0 amide bonds. The van der Waals surface area contributed by atoms with Crippen LogP contribution in [-0.2, 0) is 10.0 Å². The van der Waals surface area contributed by atoms with Crippen molar-refractivity contribution in [2.75, 3.05) is 4.72 Å². The van der Waals surface area contributed by atoms with Crippen molar-refractivity contribution < 1.29 is 12.9 Å². The van der Waals surface area contributed by atoms with Gasteiger partial charge in [-0.25, -0.2) is 8.42 Å². The highest BCUT2D eigenvalue weighted by atomic mass is 35.5. The predicted octanol–water partition coefficient (Wildman–Crippen LogP) is 4.17. The van der Waals surface area contributed by atoms with E-state index >= 15 is 0 Å². The number of thiophene rings is 1. The first-order valence-corrected chi connectivity index (χ1v) is 8.94. The largest absolute Gasteiger partial charge is 0.355 e. The fraction of sp³-hybridized carbons (Fsp3) is 0.0714. The molecule has 2 aromatic heterocycles. The number of hydrogen-bond acceptors (Lipinski definition) is 5. The normalized spacial score (nSPS) is 11.5. The highest BCUT2D eigenvalue weighted by molar-refractivity contribution is 7.94. The average molecular weight is 355 g/mol. The van der Waals surface area contributed by atoms with Gasteiger partial charge in [-0.2, -0.15) is 0 Å². The SMILES string of the molecule is Cc1cc(-c2ccc(S(=O)(=O)Nc3cccc(Cl)c3)s2)on1. The summed E-state index contributed by atoms with van der Waals surface area (Å²) in [5, 5.41) is 4.26. The summed E-state index contributed by atoms with van der Waals surface area (Å²) in [5.41, 5.74) is 1.16. The maximum absolute atomic E-state index is 12.4. The van der Waals surface area contributed by atoms with Gasteiger partial charge in [-0.05, 0) is 37.3 Å². The minimum Gasteiger partial charge on any atom is -0.355 e. The molecule has 0 atom stereocenters. The number of rotatable bonds is 4. The fourth-order valence-corrected chi connectivity index (χ4v) is 4.33. The van der Waals surface area contributed by atoms with E-state index in [1.165, 1.54) is 6.07 Å². The number of aromatic nitrogens is 1. The van der Waals surface area contributed by atoms with Gasteiger partial charge in [-0.3, -0.25) is 4.72 Å². The molecule has 0 aliphatic rings. The van der Waals surface area contributed by atoms with Crippen molar-refractivity contribution >= 4 is 38.6 Å². The molecule has 2 heterocycles. The van der Waals surface area contributed by atoms with Crippen LogP contribution in [0.4, 0.5) is 5.69 Å². The van der Waals surface area contributed by atoms with Crippen LogP contribution in [0.25, 0.3) is 10.6 Å². The fourth-order valence-electron chi connectivity index (χ4n) is 1.83. The quantitative estimate of drug-likeness (QED) is 0.763. The Bertz CT molecular complexity index is 916. The Morgan fingerprint density at radius 1 is 1.23 bits per heavy atom. The van der Waals surface area contributed by atoms with Crippen molar-refractivity contribution in [1.29, 1.82) is 0 Å². The summed E-state index contributed by atoms with van der Waals surface area (Å²) in [5.74, 6) is 0.548. The highest BCUT2D eigenvalue weighted by Gasteiger charge is 2.19. The third-order valence-electron chi connectivity index (χ3n) is 2.79. The van der Waals surface area contributed by atoms with E-state index in [4.69, 9.17) is 16.1 Å². The number of anilines is 1. The summed E-state index contributed by atoms with van der Waals surface area (Å²) in [7, 11) is -3.66. The molecule has 22 heavy (non-hydrogen) atoms. The lowest BCUT2D eigenvalue weighted by Gasteiger charge is -2.06. The molecule has 3 aromatic rings. The molecular weight excluding hydrogens is 344 g/mol. The van der Waals surface area contributed by atoms with Crippen LogP contribution in [0.2, 0.25) is 5.02 Å². The standard InChI is InChI=1S/C14H11ClN2O3S2/c1-9-7-12(20-16-9)13-5-6-14(21-13)22(18,19)17-11-4-2-3-10(15)8-11/h2-8,17H,1H3. The van der Waals surface area contributed by atoms with Crippen LogP contribution in [0.1, 0.15) is 5.69 Å². The molecule has 5 nitrogen and oxygen atoms in total. The van der Waals surface area contributed by atoms with E-state index in [2.05, 4.69) is 9.88 Å². The zero-order chi connectivity index (χ0) is 15.7. The van der Waals surface area contributed by atoms with E-state index in [-0.39, 0.29) is 4.21 Å². The van der Waals surface area contributed by atoms with Crippen molar-refractivity contribution in [2.45, 2.75) is 11.1 Å². The second-order valence-electron chi connectivity index (χ2n) is 4.57. The molecular formula is C14H11ClN2O3S2. The molecule has 114 valence electrons. The predicted molar refractivity (Wildman–Crippen MR) is 86.8 cm³/mol. The average Bonchev–Trinajstić information content (AvgIpc) is 3.06. The molecule has 0 saturated carbocycles. The molecule has 0 aliphatic heterocycles. The van der Waals surface area contributed by atoms with Crippen LogP contribution in [0.3, 0.4) is 0 Å². The minimum absolute atomic E-state index is 0.191. The Morgan fingerprint density at radius 2 is 2.05 bits per heavy atom. The highest BCUT2D eigenvalue weighted by Crippen LogP contribution is 2.32. The maximum Gasteiger partial charge on any atom is 0.271 e. The van der Waals surface area contributed by atoms with Gasteiger partial charge in [0.15, 0.2) is 5.76 Å². The van der Waals surface area contributed by atoms with Crippen molar-refractivity contribution in [1.82, 2.24) is 5.16 Å². The van der Waals surface area contributed by atoms with Crippen LogP contribution in [0.5, 0.6) is 0 Å². The second kappa shape index (κ2) is 5.75. The number of aryl methyl sites for hydroxylation is 1. The van der Waals surface area contributed by atoms with E-state index < -0.39 is 10.0 Å². The van der Waals surface area contributed by atoms with Gasteiger partial charge in [-0.15, -0.1) is 11.3 Å². The van der Waals surface area contributed by atoms with Crippen LogP contribution < -0.4 is 4.72 Å². The van der Waals surface area contributed by atoms with Crippen LogP contribution in [-0.4, -0.2) is 13.6 Å². The van der Waals surface area contributed by atoms with Crippen molar-refractivity contribution in [3.05, 3.63) is 53.2 Å². The number of sulfonamides is 1. The summed E-state index contributed by atoms with van der Waals surface area (Å²) < 4.78 is 32.6. The molecule has 0 spiro atoms. The first-order valence-electron chi connectivity index (χ1n) is 6.26. The van der Waals surface area contributed by atoms with Gasteiger partial charge in [0, 0.05) is 11.1 Å². The summed E-state index contributed by atoms with van der Waals surface area (Å²) >= 11 is 6.97. The molecule has 1 N–H and O–H groups in total. The number of halogens is 1. The zero-order valence-electron chi connectivity index (χ0n) is 11.4. The van der Waals surface area contributed by atoms with Gasteiger partial charge >= 0.3 is 0 Å². The molecule has 0 radical (unpaired) electrons. The molecule has 0 bridgehead atoms. The summed E-state index contributed by atoms with van der Waals surface area (Å²) in [6.45, 7) is 1.80. The van der Waals surface area contributed by atoms with E-state index in [0.717, 1.165) is 17.0 Å². The topological polar surface area (TPSA) is 72.2 Å². The van der Waals surface area contributed by atoms with Gasteiger partial charge < -0.3 is 4.52 Å². The van der Waals surface area contributed by atoms with Crippen LogP contribution >= 0.6 is 22.9 Å². The van der Waals surface area contributed by atoms with Crippen LogP contribution in [0.15, 0.2) is 51.2 Å². The molecule has 0 unspecified atom stereocenters. The van der Waals surface area contributed by atoms with E-state index in [0.29, 0.717) is 21.3 Å². The molecule has 0 aliphatic carbocycles. The lowest BCUT2D eigenvalue weighted by Crippen LogP contribution is -2.11. The van der Waals surface area contributed by atoms with Crippen molar-refractivity contribution in [3.63, 3.8) is 0 Å². The number of nitrogens with one attached hydrogen (secondary N) is 1. The van der Waals surface area contributed by atoms with Crippen LogP contribution in [0, 0.1) is 6.92 Å². The van der Waals surface area contributed by atoms with Crippen molar-refractivity contribution in [3.8, 4) is 10.6 Å². The Labute approximate surface area is 136 Å². The number of benzene rings is 1. The van der Waals surface area contributed by atoms with E-state index in [1.54, 1.807) is 43.3 Å². The maximum atomic E-state index is 12.4. The zero-order valence-corrected chi connectivity index (χ0v) is 13.8. The van der Waals surface area contributed by atoms with Gasteiger partial charge in [0.2, 0.25) is 0 Å². The third kappa shape index (κ3) is 3.16. The Balaban J connectivity index is 1.88. The van der Waals surface area contributed by atoms with E-state index in [1.807, 2.05) is 0 Å². The van der Waals surface area contributed by atoms with Gasteiger partial charge in [0.05, 0.1) is 16.3 Å². The molecule has 3 rings (SSSR count). The Hall–Kier alpha value is -1.83. The van der Waals surface area contributed by atoms with Gasteiger partial charge in [0.25, 0.3) is 10.0 Å². The summed E-state index contributed by atoms with van der Waals surface area (Å²) in [4.78, 5) is 0.701. The smallest absolute Gasteiger partial charge is 0.271 e. The van der Waals surface area contributed by atoms with Gasteiger partial charge in [0.1, 0.15) is 4.21 Å². The summed E-state index contributed by atoms with van der Waals surface area (Å²) in [6.07, 6.45) is 0. The lowest BCUT2D eigenvalue weighted by molar-refractivity contribution is 0.428. The Kier molecular flexibility index (Phi) is 3.94. The molecule has 1 aromatic carbocycles. The molecule has 0 fully saturated rings. The lowest BCUT2D eigenvalue weighted by atomic mass is 10.3. The van der Waals surface area contributed by atoms with E-state index in [9.17, 15) is 8.42 Å². The molecule has 8 heteroatoms. The minimum atomic E-state index is -3.66. The second-order valence-corrected chi connectivity index (χ2v) is 8.00. The summed E-state index contributed by atoms with van der Waals surface area (Å²) in [6, 6.07) is 11.5. The Morgan fingerprint density at radius 3 is 2.73 bits per heavy atom. The monoisotopic (exact) mass is 354 g/mol. The first kappa shape index (κ1) is 15.1. The number of nitrogens with zero attached hydrogens (tertiary/aromatic N) is 1. The third-order valence-corrected chi connectivity index (χ3v) is 6.00. The van der Waals surface area contributed by atoms with Crippen molar-refractivity contribution in [2.24, 2.45) is 0 Å².